The summed E-state index contributed by atoms with van der Waals surface area (Å²) in [5.74, 6) is 4.67. The van der Waals surface area contributed by atoms with Gasteiger partial charge in [0.05, 0.1) is 22.3 Å². The molecule has 0 radical (unpaired) electrons. The molecule has 18 heavy (non-hydrogen) atoms. The number of halogens is 2. The van der Waals surface area contributed by atoms with Gasteiger partial charge in [0.15, 0.2) is 0 Å². The Hall–Kier alpha value is -0.410. The minimum atomic E-state index is 0.697. The number of benzene rings is 1. The average Bonchev–Trinajstić information content (AvgIpc) is 2.37. The first-order valence-electron chi connectivity index (χ1n) is 5.93. The van der Waals surface area contributed by atoms with Crippen molar-refractivity contribution in [2.24, 2.45) is 0 Å². The Labute approximate surface area is 131 Å². The van der Waals surface area contributed by atoms with E-state index in [2.05, 4.69) is 63.1 Å². The topological polar surface area (TPSA) is 18.5 Å². The predicted octanol–water partition coefficient (Wildman–Crippen LogP) is 4.57. The maximum atomic E-state index is 5.70. The Morgan fingerprint density at radius 2 is 1.72 bits per heavy atom. The van der Waals surface area contributed by atoms with Gasteiger partial charge >= 0.3 is 0 Å². The summed E-state index contributed by atoms with van der Waals surface area (Å²) in [5.41, 5.74) is 0.854. The van der Waals surface area contributed by atoms with Gasteiger partial charge in [0.25, 0.3) is 0 Å². The maximum Gasteiger partial charge on any atom is 0.136 e. The van der Waals surface area contributed by atoms with E-state index in [0.29, 0.717) is 13.2 Å². The van der Waals surface area contributed by atoms with Crippen LogP contribution in [-0.4, -0.2) is 13.2 Å². The predicted molar refractivity (Wildman–Crippen MR) is 86.5 cm³/mol. The molecular weight excluding hydrogens is 407 g/mol. The lowest BCUT2D eigenvalue weighted by atomic mass is 10.2. The first-order chi connectivity index (χ1) is 8.72. The first-order valence-corrected chi connectivity index (χ1v) is 7.80. The number of ether oxygens (including phenoxy) is 2. The minimum absolute atomic E-state index is 0.697. The zero-order valence-corrected chi connectivity index (χ0v) is 14.3. The molecule has 0 aliphatic rings. The third kappa shape index (κ3) is 4.69. The van der Waals surface area contributed by atoms with Crippen LogP contribution >= 0.6 is 38.5 Å². The van der Waals surface area contributed by atoms with Gasteiger partial charge in [-0.2, -0.15) is 0 Å². The Balaban J connectivity index is 3.03. The minimum Gasteiger partial charge on any atom is -0.492 e. The van der Waals surface area contributed by atoms with Crippen LogP contribution in [0.15, 0.2) is 12.1 Å². The molecular formula is C14H16BrIO2. The molecule has 0 aliphatic carbocycles. The van der Waals surface area contributed by atoms with E-state index >= 15 is 0 Å². The second-order valence-corrected chi connectivity index (χ2v) is 5.25. The van der Waals surface area contributed by atoms with Gasteiger partial charge in [-0.05, 0) is 46.3 Å². The Bertz CT molecular complexity index is 449. The molecule has 0 heterocycles. The quantitative estimate of drug-likeness (QED) is 0.493. The molecule has 0 bridgehead atoms. The van der Waals surface area contributed by atoms with Gasteiger partial charge in [-0.1, -0.05) is 19.8 Å². The van der Waals surface area contributed by atoms with Gasteiger partial charge in [-0.3, -0.25) is 0 Å². The van der Waals surface area contributed by atoms with Crippen molar-refractivity contribution in [2.75, 3.05) is 13.2 Å². The van der Waals surface area contributed by atoms with Gasteiger partial charge in [-0.25, -0.2) is 0 Å². The summed E-state index contributed by atoms with van der Waals surface area (Å²) in [5, 5.41) is 0. The zero-order valence-electron chi connectivity index (χ0n) is 10.6. The van der Waals surface area contributed by atoms with Crippen LogP contribution in [0.1, 0.15) is 32.3 Å². The van der Waals surface area contributed by atoms with Crippen molar-refractivity contribution in [3.8, 4) is 22.2 Å². The molecule has 0 aromatic heterocycles. The van der Waals surface area contributed by atoms with Crippen molar-refractivity contribution >= 4 is 38.5 Å². The van der Waals surface area contributed by atoms with E-state index in [9.17, 15) is 0 Å². The highest BCUT2D eigenvalue weighted by Gasteiger charge is 2.09. The zero-order chi connectivity index (χ0) is 13.4. The second kappa shape index (κ2) is 8.65. The molecule has 0 saturated heterocycles. The van der Waals surface area contributed by atoms with E-state index in [4.69, 9.17) is 9.47 Å². The molecule has 0 N–H and O–H groups in total. The summed E-state index contributed by atoms with van der Waals surface area (Å²) >= 11 is 5.38. The smallest absolute Gasteiger partial charge is 0.136 e. The normalized spacial score (nSPS) is 9.56. The number of rotatable bonds is 6. The van der Waals surface area contributed by atoms with Crippen LogP contribution in [0.3, 0.4) is 0 Å². The Morgan fingerprint density at radius 3 is 2.28 bits per heavy atom. The van der Waals surface area contributed by atoms with Crippen LogP contribution in [0.25, 0.3) is 0 Å². The fourth-order valence-electron chi connectivity index (χ4n) is 1.34. The van der Waals surface area contributed by atoms with Crippen molar-refractivity contribution in [3.05, 3.63) is 21.3 Å². The lowest BCUT2D eigenvalue weighted by Crippen LogP contribution is -2.01. The summed E-state index contributed by atoms with van der Waals surface area (Å²) in [7, 11) is 0. The summed E-state index contributed by atoms with van der Waals surface area (Å²) < 4.78 is 12.4. The lowest BCUT2D eigenvalue weighted by molar-refractivity contribution is 0.306. The summed E-state index contributed by atoms with van der Waals surface area (Å²) in [6.45, 7) is 5.58. The third-order valence-electron chi connectivity index (χ3n) is 2.14. The molecule has 0 amide bonds. The van der Waals surface area contributed by atoms with Crippen LogP contribution in [0.2, 0.25) is 0 Å². The molecule has 2 nitrogen and oxygen atoms in total. The van der Waals surface area contributed by atoms with Gasteiger partial charge < -0.3 is 9.47 Å². The molecule has 98 valence electrons. The molecule has 1 aromatic carbocycles. The Morgan fingerprint density at radius 1 is 1.11 bits per heavy atom. The second-order valence-electron chi connectivity index (χ2n) is 3.70. The lowest BCUT2D eigenvalue weighted by Gasteiger charge is -2.12. The monoisotopic (exact) mass is 422 g/mol. The largest absolute Gasteiger partial charge is 0.492 e. The van der Waals surface area contributed by atoms with Gasteiger partial charge in [0, 0.05) is 22.0 Å². The summed E-state index contributed by atoms with van der Waals surface area (Å²) in [4.78, 5) is 2.73. The third-order valence-corrected chi connectivity index (χ3v) is 3.18. The molecule has 0 fully saturated rings. The van der Waals surface area contributed by atoms with Gasteiger partial charge in [-0.15, -0.1) is 0 Å². The Kier molecular flexibility index (Phi) is 7.52. The molecule has 0 saturated carbocycles. The standard InChI is InChI=1S/C14H16BrIO2/c1-3-7-17-13-10-12(16)14(18-8-4-2)9-11(13)5-6-15/h9-10H,3-4,7-8H2,1-2H3. The van der Waals surface area contributed by atoms with E-state index in [1.165, 1.54) is 0 Å². The number of hydrogen-bond donors (Lipinski definition) is 0. The van der Waals surface area contributed by atoms with Crippen LogP contribution in [0, 0.1) is 14.3 Å². The molecule has 0 spiro atoms. The summed E-state index contributed by atoms with van der Waals surface area (Å²) in [6.07, 6.45) is 1.97. The van der Waals surface area contributed by atoms with E-state index in [-0.39, 0.29) is 0 Å². The molecule has 0 aliphatic heterocycles. The van der Waals surface area contributed by atoms with Crippen molar-refractivity contribution in [1.82, 2.24) is 0 Å². The van der Waals surface area contributed by atoms with Crippen LogP contribution < -0.4 is 9.47 Å². The van der Waals surface area contributed by atoms with Crippen LogP contribution in [-0.2, 0) is 0 Å². The van der Waals surface area contributed by atoms with Crippen molar-refractivity contribution < 1.29 is 9.47 Å². The van der Waals surface area contributed by atoms with E-state index in [0.717, 1.165) is 33.5 Å². The van der Waals surface area contributed by atoms with Gasteiger partial charge in [0.1, 0.15) is 11.5 Å². The molecule has 4 heteroatoms. The van der Waals surface area contributed by atoms with E-state index in [1.54, 1.807) is 0 Å². The van der Waals surface area contributed by atoms with E-state index < -0.39 is 0 Å². The highest BCUT2D eigenvalue weighted by molar-refractivity contribution is 14.1. The average molecular weight is 423 g/mol. The highest BCUT2D eigenvalue weighted by Crippen LogP contribution is 2.30. The van der Waals surface area contributed by atoms with Crippen molar-refractivity contribution in [1.29, 1.82) is 0 Å². The van der Waals surface area contributed by atoms with Crippen molar-refractivity contribution in [2.45, 2.75) is 26.7 Å². The van der Waals surface area contributed by atoms with Gasteiger partial charge in [0.2, 0.25) is 0 Å². The number of hydrogen-bond acceptors (Lipinski definition) is 2. The van der Waals surface area contributed by atoms with Crippen molar-refractivity contribution in [3.63, 3.8) is 0 Å². The first kappa shape index (κ1) is 15.6. The summed E-state index contributed by atoms with van der Waals surface area (Å²) in [6, 6.07) is 3.92. The van der Waals surface area contributed by atoms with Crippen LogP contribution in [0.4, 0.5) is 0 Å². The van der Waals surface area contributed by atoms with E-state index in [1.807, 2.05) is 12.1 Å². The molecule has 1 aromatic rings. The fourth-order valence-corrected chi connectivity index (χ4v) is 2.15. The highest BCUT2D eigenvalue weighted by atomic mass is 127. The fraction of sp³-hybridized carbons (Fsp3) is 0.429. The SMILES string of the molecule is CCCOc1cc(C#CBr)c(OCCC)cc1I. The molecule has 0 atom stereocenters. The maximum absolute atomic E-state index is 5.70. The van der Waals surface area contributed by atoms with Crippen LogP contribution in [0.5, 0.6) is 11.5 Å². The molecule has 0 unspecified atom stereocenters. The molecule has 1 rings (SSSR count).